The minimum Gasteiger partial charge on any atom is -0.349 e. The standard InChI is InChI=1S/C14H20N4OS/c1-10-11(20-13(17-10)14(2,3)4)12(19)15-7-9-18-8-5-6-16-18/h5-6,8H,7,9H2,1-4H3,(H,15,19). The molecule has 0 unspecified atom stereocenters. The molecule has 0 spiro atoms. The molecule has 0 aliphatic rings. The Kier molecular flexibility index (Phi) is 4.23. The SMILES string of the molecule is Cc1nc(C(C)(C)C)sc1C(=O)NCCn1cccn1. The largest absolute Gasteiger partial charge is 0.349 e. The van der Waals surface area contributed by atoms with Crippen molar-refractivity contribution in [3.8, 4) is 0 Å². The highest BCUT2D eigenvalue weighted by Gasteiger charge is 2.22. The molecule has 0 aliphatic carbocycles. The Hall–Kier alpha value is -1.69. The monoisotopic (exact) mass is 292 g/mol. The molecule has 1 N–H and O–H groups in total. The molecule has 2 aromatic rings. The normalized spacial score (nSPS) is 11.6. The molecular formula is C14H20N4OS. The second-order valence-electron chi connectivity index (χ2n) is 5.71. The van der Waals surface area contributed by atoms with Gasteiger partial charge in [0, 0.05) is 24.4 Å². The maximum absolute atomic E-state index is 12.2. The van der Waals surface area contributed by atoms with Crippen LogP contribution in [-0.2, 0) is 12.0 Å². The summed E-state index contributed by atoms with van der Waals surface area (Å²) in [4.78, 5) is 17.4. The second-order valence-corrected chi connectivity index (χ2v) is 6.71. The molecule has 2 rings (SSSR count). The average molecular weight is 292 g/mol. The van der Waals surface area contributed by atoms with E-state index in [1.165, 1.54) is 11.3 Å². The summed E-state index contributed by atoms with van der Waals surface area (Å²) in [7, 11) is 0. The number of hydrogen-bond donors (Lipinski definition) is 1. The fraction of sp³-hybridized carbons (Fsp3) is 0.500. The van der Waals surface area contributed by atoms with Crippen LogP contribution in [-0.4, -0.2) is 27.2 Å². The van der Waals surface area contributed by atoms with E-state index in [1.807, 2.05) is 19.2 Å². The lowest BCUT2D eigenvalue weighted by molar-refractivity contribution is 0.0955. The number of amides is 1. The zero-order valence-electron chi connectivity index (χ0n) is 12.3. The van der Waals surface area contributed by atoms with E-state index in [9.17, 15) is 4.79 Å². The van der Waals surface area contributed by atoms with Gasteiger partial charge in [-0.15, -0.1) is 11.3 Å². The number of nitrogens with zero attached hydrogens (tertiary/aromatic N) is 3. The molecule has 0 bridgehead atoms. The number of aromatic nitrogens is 3. The predicted octanol–water partition coefficient (Wildman–Crippen LogP) is 2.38. The van der Waals surface area contributed by atoms with Crippen molar-refractivity contribution in [2.45, 2.75) is 39.7 Å². The summed E-state index contributed by atoms with van der Waals surface area (Å²) in [5, 5.41) is 8.00. The van der Waals surface area contributed by atoms with E-state index < -0.39 is 0 Å². The molecule has 5 nitrogen and oxygen atoms in total. The average Bonchev–Trinajstić information content (AvgIpc) is 2.97. The van der Waals surface area contributed by atoms with Crippen LogP contribution in [0.15, 0.2) is 18.5 Å². The van der Waals surface area contributed by atoms with Gasteiger partial charge in [-0.25, -0.2) is 4.98 Å². The minimum atomic E-state index is -0.0531. The van der Waals surface area contributed by atoms with Crippen LogP contribution in [0, 0.1) is 6.92 Å². The van der Waals surface area contributed by atoms with Crippen LogP contribution in [0.4, 0.5) is 0 Å². The van der Waals surface area contributed by atoms with Gasteiger partial charge in [0.1, 0.15) is 4.88 Å². The quantitative estimate of drug-likeness (QED) is 0.941. The van der Waals surface area contributed by atoms with Crippen molar-refractivity contribution in [3.05, 3.63) is 34.0 Å². The third-order valence-electron chi connectivity index (χ3n) is 2.83. The molecule has 108 valence electrons. The van der Waals surface area contributed by atoms with Gasteiger partial charge in [-0.2, -0.15) is 5.10 Å². The van der Waals surface area contributed by atoms with Crippen LogP contribution in [0.5, 0.6) is 0 Å². The maximum Gasteiger partial charge on any atom is 0.263 e. The Balaban J connectivity index is 1.97. The van der Waals surface area contributed by atoms with E-state index >= 15 is 0 Å². The number of carbonyl (C=O) groups excluding carboxylic acids is 1. The minimum absolute atomic E-state index is 0.0248. The van der Waals surface area contributed by atoms with Gasteiger partial charge in [-0.3, -0.25) is 9.48 Å². The maximum atomic E-state index is 12.2. The van der Waals surface area contributed by atoms with Gasteiger partial charge in [-0.1, -0.05) is 20.8 Å². The Morgan fingerprint density at radius 3 is 2.75 bits per heavy atom. The highest BCUT2D eigenvalue weighted by atomic mass is 32.1. The van der Waals surface area contributed by atoms with E-state index in [1.54, 1.807) is 10.9 Å². The summed E-state index contributed by atoms with van der Waals surface area (Å²) in [5.74, 6) is -0.0531. The third kappa shape index (κ3) is 3.45. The summed E-state index contributed by atoms with van der Waals surface area (Å²) in [6, 6.07) is 1.87. The molecule has 1 amide bonds. The molecular weight excluding hydrogens is 272 g/mol. The summed E-state index contributed by atoms with van der Waals surface area (Å²) >= 11 is 1.48. The number of rotatable bonds is 4. The van der Waals surface area contributed by atoms with Gasteiger partial charge in [-0.05, 0) is 13.0 Å². The molecule has 0 fully saturated rings. The Labute approximate surface area is 123 Å². The van der Waals surface area contributed by atoms with Crippen LogP contribution in [0.1, 0.15) is 41.1 Å². The zero-order chi connectivity index (χ0) is 14.8. The van der Waals surface area contributed by atoms with Crippen molar-refractivity contribution in [1.82, 2.24) is 20.1 Å². The first-order valence-corrected chi connectivity index (χ1v) is 7.43. The van der Waals surface area contributed by atoms with Crippen molar-refractivity contribution < 1.29 is 4.79 Å². The van der Waals surface area contributed by atoms with Gasteiger partial charge in [0.25, 0.3) is 5.91 Å². The summed E-state index contributed by atoms with van der Waals surface area (Å²) < 4.78 is 1.79. The molecule has 2 aromatic heterocycles. The number of thiazole rings is 1. The molecule has 0 atom stereocenters. The fourth-order valence-electron chi connectivity index (χ4n) is 1.72. The van der Waals surface area contributed by atoms with E-state index in [4.69, 9.17) is 0 Å². The Morgan fingerprint density at radius 1 is 1.45 bits per heavy atom. The number of carbonyl (C=O) groups is 1. The van der Waals surface area contributed by atoms with E-state index in [-0.39, 0.29) is 11.3 Å². The lowest BCUT2D eigenvalue weighted by Gasteiger charge is -2.13. The first-order chi connectivity index (χ1) is 9.38. The lowest BCUT2D eigenvalue weighted by atomic mass is 9.98. The highest BCUT2D eigenvalue weighted by Crippen LogP contribution is 2.28. The van der Waals surface area contributed by atoms with Crippen LogP contribution in [0.3, 0.4) is 0 Å². The van der Waals surface area contributed by atoms with E-state index in [2.05, 4.69) is 36.2 Å². The molecule has 2 heterocycles. The summed E-state index contributed by atoms with van der Waals surface area (Å²) in [6.45, 7) is 9.42. The number of aryl methyl sites for hydroxylation is 1. The first kappa shape index (κ1) is 14.7. The molecule has 20 heavy (non-hydrogen) atoms. The number of nitrogens with one attached hydrogen (secondary N) is 1. The Morgan fingerprint density at radius 2 is 2.20 bits per heavy atom. The van der Waals surface area contributed by atoms with Gasteiger partial charge >= 0.3 is 0 Å². The second kappa shape index (κ2) is 5.75. The van der Waals surface area contributed by atoms with Crippen molar-refractivity contribution in [3.63, 3.8) is 0 Å². The van der Waals surface area contributed by atoms with Crippen LogP contribution >= 0.6 is 11.3 Å². The van der Waals surface area contributed by atoms with E-state index in [0.717, 1.165) is 10.7 Å². The van der Waals surface area contributed by atoms with Gasteiger partial charge < -0.3 is 5.32 Å². The van der Waals surface area contributed by atoms with Crippen LogP contribution in [0.25, 0.3) is 0 Å². The molecule has 0 aromatic carbocycles. The summed E-state index contributed by atoms with van der Waals surface area (Å²) in [6.07, 6.45) is 3.60. The van der Waals surface area contributed by atoms with Crippen molar-refractivity contribution in [2.24, 2.45) is 0 Å². The third-order valence-corrected chi connectivity index (χ3v) is 4.41. The molecule has 6 heteroatoms. The molecule has 0 radical (unpaired) electrons. The number of hydrogen-bond acceptors (Lipinski definition) is 4. The predicted molar refractivity (Wildman–Crippen MR) is 80.1 cm³/mol. The fourth-order valence-corrected chi connectivity index (χ4v) is 2.77. The van der Waals surface area contributed by atoms with Crippen molar-refractivity contribution in [1.29, 1.82) is 0 Å². The molecule has 0 saturated heterocycles. The molecule has 0 aliphatic heterocycles. The van der Waals surface area contributed by atoms with Crippen LogP contribution < -0.4 is 5.32 Å². The summed E-state index contributed by atoms with van der Waals surface area (Å²) in [5.41, 5.74) is 0.778. The lowest BCUT2D eigenvalue weighted by Crippen LogP contribution is -2.27. The van der Waals surface area contributed by atoms with Crippen molar-refractivity contribution >= 4 is 17.2 Å². The van der Waals surface area contributed by atoms with Gasteiger partial charge in [0.15, 0.2) is 0 Å². The Bertz CT molecular complexity index is 581. The highest BCUT2D eigenvalue weighted by molar-refractivity contribution is 7.14. The van der Waals surface area contributed by atoms with E-state index in [0.29, 0.717) is 18.0 Å². The van der Waals surface area contributed by atoms with Crippen molar-refractivity contribution in [2.75, 3.05) is 6.54 Å². The van der Waals surface area contributed by atoms with Gasteiger partial charge in [0.2, 0.25) is 0 Å². The zero-order valence-corrected chi connectivity index (χ0v) is 13.1. The smallest absolute Gasteiger partial charge is 0.263 e. The van der Waals surface area contributed by atoms with Gasteiger partial charge in [0.05, 0.1) is 17.2 Å². The topological polar surface area (TPSA) is 59.8 Å². The first-order valence-electron chi connectivity index (χ1n) is 6.61. The molecule has 0 saturated carbocycles. The van der Waals surface area contributed by atoms with Crippen LogP contribution in [0.2, 0.25) is 0 Å².